The van der Waals surface area contributed by atoms with Crippen LogP contribution in [-0.2, 0) is 0 Å². The van der Waals surface area contributed by atoms with Crippen LogP contribution in [0.15, 0.2) is 23.9 Å². The van der Waals surface area contributed by atoms with Crippen LogP contribution in [0.2, 0.25) is 5.15 Å². The lowest BCUT2D eigenvalue weighted by molar-refractivity contribution is -0.385. The van der Waals surface area contributed by atoms with Crippen LogP contribution >= 0.6 is 11.6 Å². The molecule has 1 aliphatic rings. The molecule has 2 heterocycles. The average Bonchev–Trinajstić information content (AvgIpc) is 2.45. The number of carbonyl (C=O) groups is 1. The summed E-state index contributed by atoms with van der Waals surface area (Å²) >= 11 is 5.68. The molecule has 0 spiro atoms. The van der Waals surface area contributed by atoms with Crippen molar-refractivity contribution >= 4 is 23.2 Å². The van der Waals surface area contributed by atoms with Crippen molar-refractivity contribution in [3.05, 3.63) is 44.7 Å². The van der Waals surface area contributed by atoms with E-state index in [0.29, 0.717) is 6.54 Å². The number of pyridine rings is 1. The van der Waals surface area contributed by atoms with Gasteiger partial charge in [-0.3, -0.25) is 14.9 Å². The summed E-state index contributed by atoms with van der Waals surface area (Å²) in [5.41, 5.74) is 0.663. The molecule has 20 heavy (non-hydrogen) atoms. The first-order valence-electron chi connectivity index (χ1n) is 6.04. The molecule has 0 bridgehead atoms. The molecule has 0 aromatic carbocycles. The number of nitrogens with zero attached hydrogens (tertiary/aromatic N) is 2. The average molecular weight is 297 g/mol. The smallest absolute Gasteiger partial charge is 0.300 e. The first-order chi connectivity index (χ1) is 9.58. The topological polar surface area (TPSA) is 97.2 Å². The third-order valence-electron chi connectivity index (χ3n) is 2.92. The Morgan fingerprint density at radius 3 is 3.05 bits per heavy atom. The summed E-state index contributed by atoms with van der Waals surface area (Å²) in [6.45, 7) is 2.01. The van der Waals surface area contributed by atoms with Crippen molar-refractivity contribution in [2.45, 2.75) is 6.42 Å². The fourth-order valence-electron chi connectivity index (χ4n) is 1.87. The third kappa shape index (κ3) is 3.52. The standard InChI is InChI=1S/C12H13ClN4O3/c13-11-5-9(10(7-15-11)17(19)20)12(18)16-6-8-1-3-14-4-2-8/h1,5,7,14H,2-4,6H2,(H,16,18). The van der Waals surface area contributed by atoms with Crippen molar-refractivity contribution in [3.8, 4) is 0 Å². The van der Waals surface area contributed by atoms with Crippen LogP contribution in [0.25, 0.3) is 0 Å². The van der Waals surface area contributed by atoms with E-state index in [1.54, 1.807) is 0 Å². The van der Waals surface area contributed by atoms with Crippen LogP contribution in [0, 0.1) is 10.1 Å². The number of amides is 1. The molecule has 1 aromatic heterocycles. The minimum absolute atomic E-state index is 0.0434. The van der Waals surface area contributed by atoms with Gasteiger partial charge in [0.1, 0.15) is 16.9 Å². The van der Waals surface area contributed by atoms with Crippen LogP contribution in [0.5, 0.6) is 0 Å². The van der Waals surface area contributed by atoms with Crippen molar-refractivity contribution in [1.82, 2.24) is 15.6 Å². The minimum Gasteiger partial charge on any atom is -0.348 e. The number of rotatable bonds is 4. The third-order valence-corrected chi connectivity index (χ3v) is 3.13. The summed E-state index contributed by atoms with van der Waals surface area (Å²) < 4.78 is 0. The highest BCUT2D eigenvalue weighted by atomic mass is 35.5. The highest BCUT2D eigenvalue weighted by Gasteiger charge is 2.21. The Kier molecular flexibility index (Phi) is 4.65. The van der Waals surface area contributed by atoms with E-state index in [9.17, 15) is 14.9 Å². The molecular formula is C12H13ClN4O3. The number of hydrogen-bond acceptors (Lipinski definition) is 5. The molecule has 1 aromatic rings. The summed E-state index contributed by atoms with van der Waals surface area (Å²) in [6, 6.07) is 1.20. The summed E-state index contributed by atoms with van der Waals surface area (Å²) in [5, 5.41) is 16.7. The molecule has 0 unspecified atom stereocenters. The molecule has 106 valence electrons. The van der Waals surface area contributed by atoms with Gasteiger partial charge in [-0.25, -0.2) is 4.98 Å². The predicted octanol–water partition coefficient (Wildman–Crippen LogP) is 1.29. The Labute approximate surface area is 120 Å². The molecule has 0 fully saturated rings. The van der Waals surface area contributed by atoms with Crippen LogP contribution in [-0.4, -0.2) is 35.4 Å². The minimum atomic E-state index is -0.651. The fraction of sp³-hybridized carbons (Fsp3) is 0.333. The zero-order valence-corrected chi connectivity index (χ0v) is 11.3. The number of carbonyl (C=O) groups excluding carboxylic acids is 1. The van der Waals surface area contributed by atoms with Crippen molar-refractivity contribution in [2.75, 3.05) is 19.6 Å². The fourth-order valence-corrected chi connectivity index (χ4v) is 2.03. The number of halogens is 1. The number of nitro groups is 1. The van der Waals surface area contributed by atoms with E-state index in [1.165, 1.54) is 6.07 Å². The van der Waals surface area contributed by atoms with E-state index < -0.39 is 10.8 Å². The Balaban J connectivity index is 2.10. The number of nitrogens with one attached hydrogen (secondary N) is 2. The highest BCUT2D eigenvalue weighted by molar-refractivity contribution is 6.29. The maximum absolute atomic E-state index is 12.0. The van der Waals surface area contributed by atoms with E-state index >= 15 is 0 Å². The van der Waals surface area contributed by atoms with Gasteiger partial charge in [-0.05, 0) is 19.0 Å². The van der Waals surface area contributed by atoms with Crippen LogP contribution in [0.3, 0.4) is 0 Å². The maximum Gasteiger partial charge on any atom is 0.300 e. The molecule has 7 nitrogen and oxygen atoms in total. The predicted molar refractivity (Wildman–Crippen MR) is 73.8 cm³/mol. The molecule has 0 saturated heterocycles. The lowest BCUT2D eigenvalue weighted by Crippen LogP contribution is -2.30. The second-order valence-corrected chi connectivity index (χ2v) is 4.67. The highest BCUT2D eigenvalue weighted by Crippen LogP contribution is 2.20. The summed E-state index contributed by atoms with van der Waals surface area (Å²) in [4.78, 5) is 25.9. The van der Waals surface area contributed by atoms with Crippen molar-refractivity contribution < 1.29 is 9.72 Å². The molecule has 8 heteroatoms. The van der Waals surface area contributed by atoms with Crippen LogP contribution < -0.4 is 10.6 Å². The molecule has 0 saturated carbocycles. The maximum atomic E-state index is 12.0. The molecule has 1 amide bonds. The molecule has 2 N–H and O–H groups in total. The van der Waals surface area contributed by atoms with Gasteiger partial charge in [0, 0.05) is 13.1 Å². The zero-order chi connectivity index (χ0) is 14.5. The lowest BCUT2D eigenvalue weighted by atomic mass is 10.1. The Hall–Kier alpha value is -1.99. The van der Waals surface area contributed by atoms with E-state index in [4.69, 9.17) is 11.6 Å². The van der Waals surface area contributed by atoms with Gasteiger partial charge in [0.2, 0.25) is 0 Å². The van der Waals surface area contributed by atoms with Gasteiger partial charge in [0.15, 0.2) is 0 Å². The number of hydrogen-bond donors (Lipinski definition) is 2. The van der Waals surface area contributed by atoms with Gasteiger partial charge >= 0.3 is 0 Å². The van der Waals surface area contributed by atoms with Gasteiger partial charge in [-0.1, -0.05) is 23.3 Å². The Bertz CT molecular complexity index is 574. The van der Waals surface area contributed by atoms with Gasteiger partial charge in [-0.2, -0.15) is 0 Å². The second kappa shape index (κ2) is 6.44. The molecule has 1 aliphatic heterocycles. The molecule has 0 radical (unpaired) electrons. The largest absolute Gasteiger partial charge is 0.348 e. The second-order valence-electron chi connectivity index (χ2n) is 4.28. The molecule has 0 atom stereocenters. The van der Waals surface area contributed by atoms with Gasteiger partial charge in [0.25, 0.3) is 11.6 Å². The summed E-state index contributed by atoms with van der Waals surface area (Å²) in [5.74, 6) is -0.527. The SMILES string of the molecule is O=C(NCC1=CCNCC1)c1cc(Cl)ncc1[N+](=O)[O-]. The summed E-state index contributed by atoms with van der Waals surface area (Å²) in [6.07, 6.45) is 3.83. The van der Waals surface area contributed by atoms with Gasteiger partial charge in [-0.15, -0.1) is 0 Å². The quantitative estimate of drug-likeness (QED) is 0.378. The van der Waals surface area contributed by atoms with Crippen molar-refractivity contribution in [2.24, 2.45) is 0 Å². The van der Waals surface area contributed by atoms with Gasteiger partial charge < -0.3 is 10.6 Å². The van der Waals surface area contributed by atoms with Crippen molar-refractivity contribution in [1.29, 1.82) is 0 Å². The first-order valence-corrected chi connectivity index (χ1v) is 6.42. The zero-order valence-electron chi connectivity index (χ0n) is 10.6. The Morgan fingerprint density at radius 2 is 2.40 bits per heavy atom. The monoisotopic (exact) mass is 296 g/mol. The van der Waals surface area contributed by atoms with Crippen molar-refractivity contribution in [3.63, 3.8) is 0 Å². The van der Waals surface area contributed by atoms with E-state index in [-0.39, 0.29) is 16.4 Å². The lowest BCUT2D eigenvalue weighted by Gasteiger charge is -2.14. The van der Waals surface area contributed by atoms with E-state index in [0.717, 1.165) is 31.3 Å². The molecular weight excluding hydrogens is 284 g/mol. The summed E-state index contributed by atoms with van der Waals surface area (Å²) in [7, 11) is 0. The van der Waals surface area contributed by atoms with Crippen LogP contribution in [0.1, 0.15) is 16.8 Å². The molecule has 2 rings (SSSR count). The number of aromatic nitrogens is 1. The van der Waals surface area contributed by atoms with E-state index in [2.05, 4.69) is 15.6 Å². The normalized spacial score (nSPS) is 14.6. The Morgan fingerprint density at radius 1 is 1.60 bits per heavy atom. The first kappa shape index (κ1) is 14.4. The van der Waals surface area contributed by atoms with E-state index in [1.807, 2.05) is 6.08 Å². The van der Waals surface area contributed by atoms with Crippen LogP contribution in [0.4, 0.5) is 5.69 Å². The van der Waals surface area contributed by atoms with Gasteiger partial charge in [0.05, 0.1) is 4.92 Å². The molecule has 0 aliphatic carbocycles.